The molecule has 0 aliphatic carbocycles. The van der Waals surface area contributed by atoms with Crippen LogP contribution in [0.3, 0.4) is 0 Å². The van der Waals surface area contributed by atoms with Crippen LogP contribution in [0.25, 0.3) is 11.6 Å². The van der Waals surface area contributed by atoms with Gasteiger partial charge in [-0.05, 0) is 24.3 Å². The molecular formula is C15H12N4O5S. The third-order valence-corrected chi connectivity index (χ3v) is 4.10. The van der Waals surface area contributed by atoms with Crippen LogP contribution in [0, 0.1) is 10.1 Å². The Morgan fingerprint density at radius 2 is 2.28 bits per heavy atom. The molecule has 0 fully saturated rings. The van der Waals surface area contributed by atoms with Gasteiger partial charge in [-0.15, -0.1) is 5.10 Å². The van der Waals surface area contributed by atoms with Crippen molar-refractivity contribution in [2.75, 3.05) is 12.9 Å². The largest absolute Gasteiger partial charge is 0.490 e. The second-order valence-corrected chi connectivity index (χ2v) is 5.74. The number of H-pyrrole nitrogens is 1. The fourth-order valence-corrected chi connectivity index (χ4v) is 2.75. The van der Waals surface area contributed by atoms with E-state index in [4.69, 9.17) is 9.15 Å². The molecule has 128 valence electrons. The quantitative estimate of drug-likeness (QED) is 0.295. The van der Waals surface area contributed by atoms with Gasteiger partial charge in [0.05, 0.1) is 24.0 Å². The molecule has 0 aliphatic heterocycles. The van der Waals surface area contributed by atoms with Crippen molar-refractivity contribution in [3.8, 4) is 17.3 Å². The fraction of sp³-hybridized carbons (Fsp3) is 0.133. The molecule has 3 aromatic rings. The molecular weight excluding hydrogens is 348 g/mol. The molecule has 10 heteroatoms. The van der Waals surface area contributed by atoms with E-state index in [2.05, 4.69) is 15.2 Å². The van der Waals surface area contributed by atoms with Gasteiger partial charge in [0.25, 0.3) is 0 Å². The Hall–Kier alpha value is -3.14. The molecule has 1 aromatic carbocycles. The highest BCUT2D eigenvalue weighted by atomic mass is 32.2. The van der Waals surface area contributed by atoms with Gasteiger partial charge in [0.2, 0.25) is 5.16 Å². The molecule has 0 bridgehead atoms. The average molecular weight is 360 g/mol. The molecule has 0 spiro atoms. The van der Waals surface area contributed by atoms with Crippen LogP contribution in [0.2, 0.25) is 0 Å². The van der Waals surface area contributed by atoms with Crippen molar-refractivity contribution in [3.63, 3.8) is 0 Å². The predicted molar refractivity (Wildman–Crippen MR) is 88.8 cm³/mol. The molecule has 0 amide bonds. The first-order chi connectivity index (χ1) is 12.1. The van der Waals surface area contributed by atoms with Gasteiger partial charge in [-0.3, -0.25) is 20.0 Å². The minimum absolute atomic E-state index is 0.0406. The number of Topliss-reactive ketones (excluding diaryl/α,β-unsaturated/α-hetero) is 1. The van der Waals surface area contributed by atoms with Crippen molar-refractivity contribution in [3.05, 3.63) is 52.3 Å². The van der Waals surface area contributed by atoms with Crippen LogP contribution in [-0.4, -0.2) is 38.8 Å². The van der Waals surface area contributed by atoms with E-state index < -0.39 is 4.92 Å². The molecule has 1 N–H and O–H groups in total. The lowest BCUT2D eigenvalue weighted by Crippen LogP contribution is -2.04. The molecule has 0 unspecified atom stereocenters. The zero-order chi connectivity index (χ0) is 17.8. The maximum atomic E-state index is 12.3. The number of aromatic nitrogens is 3. The van der Waals surface area contributed by atoms with Gasteiger partial charge in [-0.2, -0.15) is 4.98 Å². The maximum absolute atomic E-state index is 12.3. The van der Waals surface area contributed by atoms with E-state index in [0.717, 1.165) is 11.8 Å². The van der Waals surface area contributed by atoms with Crippen molar-refractivity contribution in [2.24, 2.45) is 0 Å². The number of benzene rings is 1. The van der Waals surface area contributed by atoms with Crippen LogP contribution in [0.5, 0.6) is 5.75 Å². The Kier molecular flexibility index (Phi) is 4.80. The number of hydrogen-bond donors (Lipinski definition) is 1. The Morgan fingerprint density at radius 3 is 2.96 bits per heavy atom. The average Bonchev–Trinajstić information content (AvgIpc) is 3.30. The third kappa shape index (κ3) is 3.69. The smallest absolute Gasteiger partial charge is 0.311 e. The van der Waals surface area contributed by atoms with Crippen LogP contribution in [0.15, 0.2) is 46.2 Å². The first kappa shape index (κ1) is 16.7. The molecule has 0 saturated heterocycles. The Labute approximate surface area is 145 Å². The maximum Gasteiger partial charge on any atom is 0.311 e. The van der Waals surface area contributed by atoms with Crippen molar-refractivity contribution < 1.29 is 18.9 Å². The molecule has 0 saturated carbocycles. The number of ketones is 1. The molecule has 0 radical (unpaired) electrons. The number of carbonyl (C=O) groups excluding carboxylic acids is 1. The zero-order valence-corrected chi connectivity index (χ0v) is 13.8. The number of nitro groups is 1. The number of nitrogens with one attached hydrogen (secondary N) is 1. The first-order valence-corrected chi connectivity index (χ1v) is 8.01. The van der Waals surface area contributed by atoms with Gasteiger partial charge in [0.1, 0.15) is 0 Å². The summed E-state index contributed by atoms with van der Waals surface area (Å²) in [6, 6.07) is 7.55. The first-order valence-electron chi connectivity index (χ1n) is 7.03. The van der Waals surface area contributed by atoms with Crippen molar-refractivity contribution >= 4 is 23.2 Å². The lowest BCUT2D eigenvalue weighted by Gasteiger charge is -2.04. The van der Waals surface area contributed by atoms with Gasteiger partial charge in [-0.25, -0.2) is 0 Å². The number of aromatic amines is 1. The zero-order valence-electron chi connectivity index (χ0n) is 13.0. The number of rotatable bonds is 7. The fourth-order valence-electron chi connectivity index (χ4n) is 2.05. The highest BCUT2D eigenvalue weighted by molar-refractivity contribution is 7.99. The lowest BCUT2D eigenvalue weighted by atomic mass is 10.1. The van der Waals surface area contributed by atoms with Gasteiger partial charge < -0.3 is 9.15 Å². The molecule has 3 rings (SSSR count). The Balaban J connectivity index is 1.69. The number of carbonyl (C=O) groups is 1. The Bertz CT molecular complexity index is 907. The summed E-state index contributed by atoms with van der Waals surface area (Å²) >= 11 is 1.12. The SMILES string of the molecule is COc1ccc(C(=O)CSc2n[nH]c(-c3ccco3)n2)cc1[N+](=O)[O-]. The van der Waals surface area contributed by atoms with E-state index in [9.17, 15) is 14.9 Å². The summed E-state index contributed by atoms with van der Waals surface area (Å²) in [5.41, 5.74) is -0.0295. The van der Waals surface area contributed by atoms with Gasteiger partial charge in [0.15, 0.2) is 23.1 Å². The monoisotopic (exact) mass is 360 g/mol. The minimum atomic E-state index is -0.590. The summed E-state index contributed by atoms with van der Waals surface area (Å²) in [5, 5.41) is 18.1. The molecule has 2 heterocycles. The summed E-state index contributed by atoms with van der Waals surface area (Å²) < 4.78 is 10.1. The topological polar surface area (TPSA) is 124 Å². The minimum Gasteiger partial charge on any atom is -0.490 e. The van der Waals surface area contributed by atoms with E-state index in [1.165, 1.54) is 31.6 Å². The Morgan fingerprint density at radius 1 is 1.44 bits per heavy atom. The van der Waals surface area contributed by atoms with Crippen molar-refractivity contribution in [2.45, 2.75) is 5.16 Å². The van der Waals surface area contributed by atoms with Crippen LogP contribution in [0.4, 0.5) is 5.69 Å². The molecule has 25 heavy (non-hydrogen) atoms. The third-order valence-electron chi connectivity index (χ3n) is 3.25. The van der Waals surface area contributed by atoms with Gasteiger partial charge >= 0.3 is 5.69 Å². The standard InChI is InChI=1S/C15H12N4O5S/c1-23-12-5-4-9(7-10(12)19(21)22)11(20)8-25-15-16-14(17-18-15)13-3-2-6-24-13/h2-7H,8H2,1H3,(H,16,17,18). The molecule has 9 nitrogen and oxygen atoms in total. The second-order valence-electron chi connectivity index (χ2n) is 4.80. The van der Waals surface area contributed by atoms with E-state index >= 15 is 0 Å². The van der Waals surface area contributed by atoms with Crippen molar-refractivity contribution in [1.82, 2.24) is 15.2 Å². The molecule has 0 atom stereocenters. The summed E-state index contributed by atoms with van der Waals surface area (Å²) in [4.78, 5) is 26.9. The molecule has 0 aliphatic rings. The highest BCUT2D eigenvalue weighted by Crippen LogP contribution is 2.28. The van der Waals surface area contributed by atoms with E-state index in [-0.39, 0.29) is 28.5 Å². The number of ether oxygens (including phenoxy) is 1. The predicted octanol–water partition coefficient (Wildman–Crippen LogP) is 2.96. The number of hydrogen-bond acceptors (Lipinski definition) is 8. The van der Waals surface area contributed by atoms with Gasteiger partial charge in [-0.1, -0.05) is 11.8 Å². The molecule has 2 aromatic heterocycles. The summed E-state index contributed by atoms with van der Waals surface area (Å²) in [6.45, 7) is 0. The van der Waals surface area contributed by atoms with Crippen molar-refractivity contribution in [1.29, 1.82) is 0 Å². The van der Waals surface area contributed by atoms with Crippen LogP contribution >= 0.6 is 11.8 Å². The second kappa shape index (κ2) is 7.18. The van der Waals surface area contributed by atoms with Gasteiger partial charge in [0, 0.05) is 11.6 Å². The lowest BCUT2D eigenvalue weighted by molar-refractivity contribution is -0.385. The number of nitro benzene ring substituents is 1. The normalized spacial score (nSPS) is 10.6. The summed E-state index contributed by atoms with van der Waals surface area (Å²) in [5.74, 6) is 0.863. The van der Waals surface area contributed by atoms with E-state index in [1.54, 1.807) is 12.1 Å². The number of furan rings is 1. The summed E-state index contributed by atoms with van der Waals surface area (Å²) in [6.07, 6.45) is 1.52. The highest BCUT2D eigenvalue weighted by Gasteiger charge is 2.19. The van der Waals surface area contributed by atoms with E-state index in [1.807, 2.05) is 0 Å². The van der Waals surface area contributed by atoms with E-state index in [0.29, 0.717) is 16.7 Å². The number of methoxy groups -OCH3 is 1. The number of nitrogens with zero attached hydrogens (tertiary/aromatic N) is 3. The number of thioether (sulfide) groups is 1. The van der Waals surface area contributed by atoms with Crippen LogP contribution in [-0.2, 0) is 0 Å². The van der Waals surface area contributed by atoms with Crippen LogP contribution < -0.4 is 4.74 Å². The summed E-state index contributed by atoms with van der Waals surface area (Å²) in [7, 11) is 1.33. The van der Waals surface area contributed by atoms with Crippen LogP contribution in [0.1, 0.15) is 10.4 Å².